The third-order valence-corrected chi connectivity index (χ3v) is 3.76. The zero-order chi connectivity index (χ0) is 12.7. The van der Waals surface area contributed by atoms with Crippen molar-refractivity contribution in [3.63, 3.8) is 0 Å². The summed E-state index contributed by atoms with van der Waals surface area (Å²) in [6.07, 6.45) is 0. The standard InChI is InChI=1S/C16H10NOS/c1-2-6-14-13(5-1)17-16-12(11-8-9-19-10-11)4-3-7-15(16)18-14/h1-9,17H. The maximum atomic E-state index is 5.94. The Morgan fingerprint density at radius 3 is 2.74 bits per heavy atom. The van der Waals surface area contributed by atoms with Crippen molar-refractivity contribution in [2.75, 3.05) is 5.32 Å². The maximum Gasteiger partial charge on any atom is 0.151 e. The number of ether oxygens (including phenoxy) is 1. The highest BCUT2D eigenvalue weighted by Gasteiger charge is 2.19. The lowest BCUT2D eigenvalue weighted by atomic mass is 10.0. The molecule has 1 aliphatic heterocycles. The molecule has 3 heteroatoms. The van der Waals surface area contributed by atoms with Crippen molar-refractivity contribution in [1.29, 1.82) is 0 Å². The Balaban J connectivity index is 1.88. The Morgan fingerprint density at radius 2 is 1.84 bits per heavy atom. The molecule has 2 nitrogen and oxygen atoms in total. The molecular formula is C16H10NOS. The second-order valence-electron chi connectivity index (χ2n) is 4.34. The van der Waals surface area contributed by atoms with Crippen molar-refractivity contribution >= 4 is 22.7 Å². The first-order chi connectivity index (χ1) is 9.42. The Hall–Kier alpha value is -2.26. The van der Waals surface area contributed by atoms with Crippen LogP contribution in [0.1, 0.15) is 0 Å². The molecule has 1 aromatic heterocycles. The van der Waals surface area contributed by atoms with Gasteiger partial charge in [0, 0.05) is 11.1 Å². The summed E-state index contributed by atoms with van der Waals surface area (Å²) in [4.78, 5) is 0. The van der Waals surface area contributed by atoms with E-state index in [9.17, 15) is 0 Å². The zero-order valence-corrected chi connectivity index (χ0v) is 10.8. The largest absolute Gasteiger partial charge is 0.453 e. The second-order valence-corrected chi connectivity index (χ2v) is 5.05. The number of nitrogens with one attached hydrogen (secondary N) is 1. The van der Waals surface area contributed by atoms with E-state index >= 15 is 0 Å². The molecule has 19 heavy (non-hydrogen) atoms. The molecule has 0 saturated carbocycles. The molecule has 2 heterocycles. The number of hydrogen-bond acceptors (Lipinski definition) is 3. The molecule has 0 aliphatic carbocycles. The molecule has 4 rings (SSSR count). The van der Waals surface area contributed by atoms with Crippen LogP contribution in [0.2, 0.25) is 0 Å². The number of fused-ring (bicyclic) bond motifs is 2. The minimum absolute atomic E-state index is 0.857. The van der Waals surface area contributed by atoms with Crippen LogP contribution in [0, 0.1) is 5.38 Å². The summed E-state index contributed by atoms with van der Waals surface area (Å²) in [5.41, 5.74) is 4.22. The summed E-state index contributed by atoms with van der Waals surface area (Å²) in [6.45, 7) is 0. The number of anilines is 2. The Kier molecular flexibility index (Phi) is 2.32. The van der Waals surface area contributed by atoms with Gasteiger partial charge in [-0.25, -0.2) is 0 Å². The number of benzene rings is 2. The van der Waals surface area contributed by atoms with Crippen LogP contribution >= 0.6 is 11.3 Å². The van der Waals surface area contributed by atoms with Gasteiger partial charge in [-0.2, -0.15) is 0 Å². The number of rotatable bonds is 1. The highest BCUT2D eigenvalue weighted by atomic mass is 32.1. The van der Waals surface area contributed by atoms with Crippen LogP contribution in [0.25, 0.3) is 11.1 Å². The van der Waals surface area contributed by atoms with E-state index in [0.717, 1.165) is 34.0 Å². The predicted molar refractivity (Wildman–Crippen MR) is 78.4 cm³/mol. The van der Waals surface area contributed by atoms with Gasteiger partial charge in [0.2, 0.25) is 0 Å². The molecule has 0 atom stereocenters. The fourth-order valence-corrected chi connectivity index (χ4v) is 2.84. The van der Waals surface area contributed by atoms with Gasteiger partial charge in [-0.15, -0.1) is 11.3 Å². The summed E-state index contributed by atoms with van der Waals surface area (Å²) in [6, 6.07) is 16.1. The molecule has 91 valence electrons. The van der Waals surface area contributed by atoms with Crippen LogP contribution < -0.4 is 10.1 Å². The first-order valence-corrected chi connectivity index (χ1v) is 6.92. The van der Waals surface area contributed by atoms with E-state index in [1.54, 1.807) is 11.3 Å². The average molecular weight is 264 g/mol. The molecule has 0 amide bonds. The highest BCUT2D eigenvalue weighted by molar-refractivity contribution is 7.07. The molecule has 0 fully saturated rings. The van der Waals surface area contributed by atoms with Crippen LogP contribution in [0.5, 0.6) is 11.5 Å². The summed E-state index contributed by atoms with van der Waals surface area (Å²) in [5.74, 6) is 1.72. The number of hydrogen-bond donors (Lipinski definition) is 1. The van der Waals surface area contributed by atoms with Gasteiger partial charge in [0.25, 0.3) is 0 Å². The van der Waals surface area contributed by atoms with Gasteiger partial charge in [-0.05, 0) is 29.6 Å². The van der Waals surface area contributed by atoms with Crippen molar-refractivity contribution in [2.45, 2.75) is 0 Å². The van der Waals surface area contributed by atoms with Gasteiger partial charge in [0.15, 0.2) is 11.5 Å². The SMILES string of the molecule is [c]1sccc1-c1cccc2c1Nc1ccccc1O2. The molecule has 1 aliphatic rings. The normalized spacial score (nSPS) is 12.0. The van der Waals surface area contributed by atoms with Crippen molar-refractivity contribution in [1.82, 2.24) is 0 Å². The van der Waals surface area contributed by atoms with E-state index in [4.69, 9.17) is 4.74 Å². The van der Waals surface area contributed by atoms with Crippen molar-refractivity contribution < 1.29 is 4.74 Å². The maximum absolute atomic E-state index is 5.94. The molecule has 0 bridgehead atoms. The van der Waals surface area contributed by atoms with Crippen molar-refractivity contribution in [3.8, 4) is 22.6 Å². The van der Waals surface area contributed by atoms with Crippen molar-refractivity contribution in [2.24, 2.45) is 0 Å². The van der Waals surface area contributed by atoms with E-state index < -0.39 is 0 Å². The second kappa shape index (κ2) is 4.14. The summed E-state index contributed by atoms with van der Waals surface area (Å²) in [5, 5.41) is 8.76. The van der Waals surface area contributed by atoms with Crippen LogP contribution in [0.4, 0.5) is 11.4 Å². The first kappa shape index (κ1) is 10.6. The van der Waals surface area contributed by atoms with E-state index in [1.165, 1.54) is 0 Å². The lowest BCUT2D eigenvalue weighted by Crippen LogP contribution is -2.03. The fraction of sp³-hybridized carbons (Fsp3) is 0. The molecule has 2 aromatic carbocycles. The number of para-hydroxylation sites is 3. The summed E-state index contributed by atoms with van der Waals surface area (Å²) in [7, 11) is 0. The average Bonchev–Trinajstić information content (AvgIpc) is 2.98. The van der Waals surface area contributed by atoms with E-state index in [2.05, 4.69) is 22.8 Å². The summed E-state index contributed by atoms with van der Waals surface area (Å²) < 4.78 is 5.94. The number of thiophene rings is 1. The molecule has 0 unspecified atom stereocenters. The molecule has 1 N–H and O–H groups in total. The van der Waals surface area contributed by atoms with Gasteiger partial charge in [0.05, 0.1) is 16.8 Å². The molecule has 0 spiro atoms. The monoisotopic (exact) mass is 264 g/mol. The minimum atomic E-state index is 0.857. The Labute approximate surface area is 115 Å². The van der Waals surface area contributed by atoms with Gasteiger partial charge < -0.3 is 10.1 Å². The molecule has 0 saturated heterocycles. The third kappa shape index (κ3) is 1.71. The smallest absolute Gasteiger partial charge is 0.151 e. The quantitative estimate of drug-likeness (QED) is 0.518. The Morgan fingerprint density at radius 1 is 0.947 bits per heavy atom. The van der Waals surface area contributed by atoms with Crippen LogP contribution in [-0.4, -0.2) is 0 Å². The van der Waals surface area contributed by atoms with Crippen molar-refractivity contribution in [3.05, 3.63) is 59.3 Å². The molecular weight excluding hydrogens is 254 g/mol. The topological polar surface area (TPSA) is 21.3 Å². The van der Waals surface area contributed by atoms with Crippen LogP contribution in [0.15, 0.2) is 53.9 Å². The van der Waals surface area contributed by atoms with E-state index in [-0.39, 0.29) is 0 Å². The van der Waals surface area contributed by atoms with Gasteiger partial charge in [-0.1, -0.05) is 24.3 Å². The summed E-state index contributed by atoms with van der Waals surface area (Å²) >= 11 is 1.58. The predicted octanol–water partition coefficient (Wildman–Crippen LogP) is 5.06. The Bertz CT molecular complexity index is 734. The highest BCUT2D eigenvalue weighted by Crippen LogP contribution is 2.46. The minimum Gasteiger partial charge on any atom is -0.453 e. The lowest BCUT2D eigenvalue weighted by molar-refractivity contribution is 0.481. The zero-order valence-electron chi connectivity index (χ0n) is 10.0. The van der Waals surface area contributed by atoms with E-state index in [0.29, 0.717) is 0 Å². The first-order valence-electron chi connectivity index (χ1n) is 6.04. The van der Waals surface area contributed by atoms with Gasteiger partial charge >= 0.3 is 0 Å². The van der Waals surface area contributed by atoms with E-state index in [1.807, 2.05) is 41.8 Å². The molecule has 3 aromatic rings. The lowest BCUT2D eigenvalue weighted by Gasteiger charge is -2.23. The van der Waals surface area contributed by atoms with Crippen LogP contribution in [0.3, 0.4) is 0 Å². The van der Waals surface area contributed by atoms with Gasteiger partial charge in [0.1, 0.15) is 0 Å². The fourth-order valence-electron chi connectivity index (χ4n) is 2.26. The van der Waals surface area contributed by atoms with Crippen LogP contribution in [-0.2, 0) is 0 Å². The van der Waals surface area contributed by atoms with Gasteiger partial charge in [-0.3, -0.25) is 0 Å². The molecule has 1 radical (unpaired) electrons. The third-order valence-electron chi connectivity index (χ3n) is 3.15.